The lowest BCUT2D eigenvalue weighted by molar-refractivity contribution is 0.0724. The van der Waals surface area contributed by atoms with E-state index < -0.39 is 0 Å². The van der Waals surface area contributed by atoms with E-state index in [2.05, 4.69) is 14.9 Å². The van der Waals surface area contributed by atoms with Crippen LogP contribution in [0.1, 0.15) is 40.8 Å². The van der Waals surface area contributed by atoms with Gasteiger partial charge in [0.05, 0.1) is 17.1 Å². The van der Waals surface area contributed by atoms with Gasteiger partial charge in [-0.25, -0.2) is 9.97 Å². The molecule has 0 bridgehead atoms. The first-order chi connectivity index (χ1) is 13.1. The van der Waals surface area contributed by atoms with E-state index in [0.29, 0.717) is 10.7 Å². The topological polar surface area (TPSA) is 65.1 Å². The van der Waals surface area contributed by atoms with E-state index in [4.69, 9.17) is 16.6 Å². The van der Waals surface area contributed by atoms with Crippen molar-refractivity contribution in [3.63, 3.8) is 0 Å². The van der Waals surface area contributed by atoms with Crippen LogP contribution in [-0.2, 0) is 6.42 Å². The van der Waals surface area contributed by atoms with Gasteiger partial charge in [-0.05, 0) is 49.1 Å². The number of nitrogens with one attached hydrogen (secondary N) is 1. The molecule has 1 saturated heterocycles. The van der Waals surface area contributed by atoms with Crippen LogP contribution in [-0.4, -0.2) is 45.9 Å². The molecule has 1 N–H and O–H groups in total. The minimum atomic E-state index is -0.0588. The molecule has 2 aliphatic heterocycles. The Morgan fingerprint density at radius 2 is 2.11 bits per heavy atom. The van der Waals surface area contributed by atoms with Crippen LogP contribution in [0.25, 0.3) is 11.0 Å². The number of halogens is 1. The summed E-state index contributed by atoms with van der Waals surface area (Å²) in [4.78, 5) is 29.9. The van der Waals surface area contributed by atoms with Crippen LogP contribution >= 0.6 is 11.6 Å². The van der Waals surface area contributed by atoms with E-state index in [9.17, 15) is 4.79 Å². The molecule has 0 saturated carbocycles. The number of carbonyl (C=O) groups excluding carboxylic acids is 1. The zero-order valence-corrected chi connectivity index (χ0v) is 15.8. The highest BCUT2D eigenvalue weighted by Crippen LogP contribution is 2.33. The molecule has 27 heavy (non-hydrogen) atoms. The summed E-state index contributed by atoms with van der Waals surface area (Å²) in [5.41, 5.74) is 3.48. The number of H-pyrrole nitrogens is 1. The fourth-order valence-electron chi connectivity index (χ4n) is 4.12. The third-order valence-electron chi connectivity index (χ3n) is 5.54. The van der Waals surface area contributed by atoms with Crippen molar-refractivity contribution in [2.45, 2.75) is 25.3 Å². The molecule has 2 aliphatic rings. The van der Waals surface area contributed by atoms with Gasteiger partial charge in [0.1, 0.15) is 17.3 Å². The van der Waals surface area contributed by atoms with Crippen molar-refractivity contribution in [2.24, 2.45) is 0 Å². The molecule has 138 valence electrons. The first kappa shape index (κ1) is 16.6. The quantitative estimate of drug-likeness (QED) is 0.736. The molecule has 3 aromatic rings. The Kier molecular flexibility index (Phi) is 3.82. The maximum absolute atomic E-state index is 13.2. The second-order valence-electron chi connectivity index (χ2n) is 7.29. The van der Waals surface area contributed by atoms with E-state index in [1.165, 1.54) is 5.56 Å². The molecular weight excluding hydrogens is 362 g/mol. The minimum Gasteiger partial charge on any atom is -0.359 e. The maximum Gasteiger partial charge on any atom is 0.273 e. The lowest BCUT2D eigenvalue weighted by Gasteiger charge is -2.23. The van der Waals surface area contributed by atoms with E-state index in [-0.39, 0.29) is 11.9 Å². The number of aromatic amines is 1. The fourth-order valence-corrected chi connectivity index (χ4v) is 4.29. The van der Waals surface area contributed by atoms with Crippen molar-refractivity contribution in [2.75, 3.05) is 25.0 Å². The fraction of sp³-hybridized carbons (Fsp3) is 0.350. The van der Waals surface area contributed by atoms with Crippen LogP contribution in [0.5, 0.6) is 0 Å². The normalized spacial score (nSPS) is 19.1. The van der Waals surface area contributed by atoms with Crippen molar-refractivity contribution in [1.29, 1.82) is 0 Å². The number of likely N-dealkylation sites (N-methyl/N-ethyl adjacent to an activating group) is 1. The van der Waals surface area contributed by atoms with Gasteiger partial charge in [0.15, 0.2) is 0 Å². The standard InChI is InChI=1S/C20H20ClN5O/c1-25-10-8-12-4-6-15(24-19(12)25)20(27)26-9-2-3-17(26)18-22-14-7-5-13(21)11-16(14)23-18/h4-7,11,17H,2-3,8-10H2,1H3,(H,22,23). The monoisotopic (exact) mass is 381 g/mol. The number of nitrogens with zero attached hydrogens (tertiary/aromatic N) is 4. The lowest BCUT2D eigenvalue weighted by Crippen LogP contribution is -2.32. The summed E-state index contributed by atoms with van der Waals surface area (Å²) in [5.74, 6) is 1.71. The average molecular weight is 382 g/mol. The molecule has 1 aromatic carbocycles. The number of rotatable bonds is 2. The van der Waals surface area contributed by atoms with Crippen LogP contribution in [0.15, 0.2) is 30.3 Å². The van der Waals surface area contributed by atoms with Gasteiger partial charge in [-0.1, -0.05) is 17.7 Å². The summed E-state index contributed by atoms with van der Waals surface area (Å²) >= 11 is 6.08. The summed E-state index contributed by atoms with van der Waals surface area (Å²) in [6, 6.07) is 9.43. The molecule has 1 fully saturated rings. The number of likely N-dealkylation sites (tertiary alicyclic amines) is 1. The highest BCUT2D eigenvalue weighted by molar-refractivity contribution is 6.31. The largest absolute Gasteiger partial charge is 0.359 e. The number of fused-ring (bicyclic) bond motifs is 2. The first-order valence-electron chi connectivity index (χ1n) is 9.27. The third-order valence-corrected chi connectivity index (χ3v) is 5.78. The Labute approximate surface area is 162 Å². The zero-order valence-electron chi connectivity index (χ0n) is 15.1. The molecule has 1 unspecified atom stereocenters. The molecule has 0 radical (unpaired) electrons. The highest BCUT2D eigenvalue weighted by Gasteiger charge is 2.34. The molecule has 6 nitrogen and oxygen atoms in total. The molecule has 4 heterocycles. The molecule has 1 amide bonds. The van der Waals surface area contributed by atoms with Crippen molar-refractivity contribution in [3.05, 3.63) is 52.4 Å². The number of pyridine rings is 1. The summed E-state index contributed by atoms with van der Waals surface area (Å²) in [6.45, 7) is 1.67. The molecule has 1 atom stereocenters. The Hall–Kier alpha value is -2.60. The van der Waals surface area contributed by atoms with Crippen molar-refractivity contribution < 1.29 is 4.79 Å². The van der Waals surface area contributed by atoms with E-state index >= 15 is 0 Å². The second kappa shape index (κ2) is 6.23. The summed E-state index contributed by atoms with van der Waals surface area (Å²) in [7, 11) is 2.02. The number of hydrogen-bond donors (Lipinski definition) is 1. The Balaban J connectivity index is 1.46. The molecule has 7 heteroatoms. The van der Waals surface area contributed by atoms with Crippen molar-refractivity contribution >= 4 is 34.4 Å². The number of benzene rings is 1. The number of aromatic nitrogens is 3. The van der Waals surface area contributed by atoms with Gasteiger partial charge in [0.25, 0.3) is 5.91 Å². The number of amides is 1. The summed E-state index contributed by atoms with van der Waals surface area (Å²) in [6.07, 6.45) is 2.84. The molecule has 0 aliphatic carbocycles. The summed E-state index contributed by atoms with van der Waals surface area (Å²) in [5, 5.41) is 0.670. The number of anilines is 1. The Morgan fingerprint density at radius 3 is 3.00 bits per heavy atom. The molecular formula is C20H20ClN5O. The Bertz CT molecular complexity index is 1050. The van der Waals surface area contributed by atoms with Gasteiger partial charge in [0.2, 0.25) is 0 Å². The number of hydrogen-bond acceptors (Lipinski definition) is 4. The van der Waals surface area contributed by atoms with E-state index in [1.807, 2.05) is 42.3 Å². The Morgan fingerprint density at radius 1 is 1.22 bits per heavy atom. The first-order valence-corrected chi connectivity index (χ1v) is 9.65. The second-order valence-corrected chi connectivity index (χ2v) is 7.73. The summed E-state index contributed by atoms with van der Waals surface area (Å²) < 4.78 is 0. The van der Waals surface area contributed by atoms with Crippen LogP contribution in [0.3, 0.4) is 0 Å². The van der Waals surface area contributed by atoms with E-state index in [1.54, 1.807) is 0 Å². The van der Waals surface area contributed by atoms with Gasteiger partial charge in [-0.2, -0.15) is 0 Å². The van der Waals surface area contributed by atoms with Crippen LogP contribution in [0, 0.1) is 0 Å². The predicted molar refractivity (Wildman–Crippen MR) is 105 cm³/mol. The van der Waals surface area contributed by atoms with Crippen molar-refractivity contribution in [1.82, 2.24) is 19.9 Å². The molecule has 0 spiro atoms. The minimum absolute atomic E-state index is 0.0286. The van der Waals surface area contributed by atoms with Gasteiger partial charge in [-0.15, -0.1) is 0 Å². The van der Waals surface area contributed by atoms with Gasteiger partial charge >= 0.3 is 0 Å². The maximum atomic E-state index is 13.2. The molecule has 2 aromatic heterocycles. The highest BCUT2D eigenvalue weighted by atomic mass is 35.5. The lowest BCUT2D eigenvalue weighted by atomic mass is 10.2. The number of imidazole rings is 1. The van der Waals surface area contributed by atoms with Crippen LogP contribution < -0.4 is 4.90 Å². The van der Waals surface area contributed by atoms with Gasteiger partial charge in [-0.3, -0.25) is 4.79 Å². The molecule has 5 rings (SSSR count). The SMILES string of the molecule is CN1CCc2ccc(C(=O)N3CCCC3c3nc4ccc(Cl)cc4[nH]3)nc21. The average Bonchev–Trinajstić information content (AvgIpc) is 3.38. The number of carbonyl (C=O) groups is 1. The third kappa shape index (κ3) is 2.75. The van der Waals surface area contributed by atoms with Crippen LogP contribution in [0.2, 0.25) is 5.02 Å². The van der Waals surface area contributed by atoms with Crippen molar-refractivity contribution in [3.8, 4) is 0 Å². The van der Waals surface area contributed by atoms with Gasteiger partial charge < -0.3 is 14.8 Å². The predicted octanol–water partition coefficient (Wildman–Crippen LogP) is 3.58. The van der Waals surface area contributed by atoms with Crippen LogP contribution in [0.4, 0.5) is 5.82 Å². The zero-order chi connectivity index (χ0) is 18.5. The van der Waals surface area contributed by atoms with E-state index in [0.717, 1.165) is 55.0 Å². The smallest absolute Gasteiger partial charge is 0.273 e. The van der Waals surface area contributed by atoms with Gasteiger partial charge in [0, 0.05) is 25.2 Å².